The third-order valence-electron chi connectivity index (χ3n) is 4.11. The molecule has 0 aliphatic rings. The topological polar surface area (TPSA) is 78.4 Å². The number of phenols is 1. The summed E-state index contributed by atoms with van der Waals surface area (Å²) >= 11 is 0. The van der Waals surface area contributed by atoms with Gasteiger partial charge in [0.05, 0.1) is 0 Å². The van der Waals surface area contributed by atoms with Crippen LogP contribution in [0.25, 0.3) is 0 Å². The van der Waals surface area contributed by atoms with Gasteiger partial charge in [-0.25, -0.2) is 0 Å². The maximum Gasteiger partial charge on any atom is 0.314 e. The van der Waals surface area contributed by atoms with Crippen molar-refractivity contribution in [2.24, 2.45) is 0 Å². The highest BCUT2D eigenvalue weighted by Crippen LogP contribution is 2.15. The third-order valence-corrected chi connectivity index (χ3v) is 4.11. The number of rotatable bonds is 8. The number of amides is 2. The summed E-state index contributed by atoms with van der Waals surface area (Å²) in [5.41, 5.74) is 2.26. The standard InChI is InChI=1S/C21H26N2O3/c1-2-3-4-5-6-7-16-8-10-17(11-9-16)22-20(25)21(26)23-18-12-14-19(24)15-13-18/h8-15,24H,2-7H2,1H3,(H,22,25)(H,23,26). The average Bonchev–Trinajstić information content (AvgIpc) is 2.64. The van der Waals surface area contributed by atoms with E-state index in [2.05, 4.69) is 17.6 Å². The summed E-state index contributed by atoms with van der Waals surface area (Å²) in [4.78, 5) is 23.9. The molecule has 0 saturated carbocycles. The molecule has 0 aromatic heterocycles. The van der Waals surface area contributed by atoms with Crippen molar-refractivity contribution in [1.82, 2.24) is 0 Å². The summed E-state index contributed by atoms with van der Waals surface area (Å²) < 4.78 is 0. The predicted octanol–water partition coefficient (Wildman–Crippen LogP) is 4.48. The molecule has 0 saturated heterocycles. The van der Waals surface area contributed by atoms with Crippen LogP contribution in [0.2, 0.25) is 0 Å². The SMILES string of the molecule is CCCCCCCc1ccc(NC(=O)C(=O)Nc2ccc(O)cc2)cc1. The lowest BCUT2D eigenvalue weighted by atomic mass is 10.1. The molecule has 2 rings (SSSR count). The molecule has 0 atom stereocenters. The minimum atomic E-state index is -0.754. The van der Waals surface area contributed by atoms with E-state index >= 15 is 0 Å². The Hall–Kier alpha value is -2.82. The summed E-state index contributed by atoms with van der Waals surface area (Å²) in [6.45, 7) is 2.21. The smallest absolute Gasteiger partial charge is 0.314 e. The van der Waals surface area contributed by atoms with Crippen molar-refractivity contribution in [3.8, 4) is 5.75 Å². The number of carbonyl (C=O) groups is 2. The summed E-state index contributed by atoms with van der Waals surface area (Å²) in [5.74, 6) is -1.39. The molecule has 5 heteroatoms. The maximum absolute atomic E-state index is 12.0. The Morgan fingerprint density at radius 3 is 1.81 bits per heavy atom. The van der Waals surface area contributed by atoms with Gasteiger partial charge in [-0.1, -0.05) is 44.7 Å². The maximum atomic E-state index is 12.0. The highest BCUT2D eigenvalue weighted by molar-refractivity contribution is 6.43. The van der Waals surface area contributed by atoms with Crippen molar-refractivity contribution >= 4 is 23.2 Å². The fraction of sp³-hybridized carbons (Fsp3) is 0.333. The van der Waals surface area contributed by atoms with Crippen molar-refractivity contribution in [3.05, 3.63) is 54.1 Å². The Kier molecular flexibility index (Phi) is 7.68. The van der Waals surface area contributed by atoms with Crippen LogP contribution < -0.4 is 10.6 Å². The van der Waals surface area contributed by atoms with Crippen molar-refractivity contribution in [1.29, 1.82) is 0 Å². The van der Waals surface area contributed by atoms with Gasteiger partial charge in [-0.2, -0.15) is 0 Å². The second kappa shape index (κ2) is 10.2. The Labute approximate surface area is 154 Å². The second-order valence-corrected chi connectivity index (χ2v) is 6.32. The lowest BCUT2D eigenvalue weighted by molar-refractivity contribution is -0.132. The predicted molar refractivity (Wildman–Crippen MR) is 104 cm³/mol. The number of carbonyl (C=O) groups excluding carboxylic acids is 2. The van der Waals surface area contributed by atoms with Gasteiger partial charge in [0, 0.05) is 11.4 Å². The van der Waals surface area contributed by atoms with E-state index in [1.54, 1.807) is 0 Å². The lowest BCUT2D eigenvalue weighted by Crippen LogP contribution is -2.29. The molecule has 0 heterocycles. The molecule has 5 nitrogen and oxygen atoms in total. The van der Waals surface area contributed by atoms with Crippen LogP contribution >= 0.6 is 0 Å². The zero-order valence-corrected chi connectivity index (χ0v) is 15.1. The minimum absolute atomic E-state index is 0.0953. The molecule has 0 bridgehead atoms. The first-order valence-corrected chi connectivity index (χ1v) is 9.09. The Morgan fingerprint density at radius 2 is 1.27 bits per heavy atom. The number of phenolic OH excluding ortho intramolecular Hbond substituents is 1. The second-order valence-electron chi connectivity index (χ2n) is 6.32. The molecule has 0 radical (unpaired) electrons. The van der Waals surface area contributed by atoms with E-state index in [1.165, 1.54) is 61.9 Å². The summed E-state index contributed by atoms with van der Waals surface area (Å²) in [6.07, 6.45) is 7.25. The number of benzene rings is 2. The van der Waals surface area contributed by atoms with Crippen molar-refractivity contribution in [3.63, 3.8) is 0 Å². The first-order chi connectivity index (χ1) is 12.6. The number of nitrogens with one attached hydrogen (secondary N) is 2. The van der Waals surface area contributed by atoms with Crippen LogP contribution in [0.15, 0.2) is 48.5 Å². The zero-order chi connectivity index (χ0) is 18.8. The molecule has 0 spiro atoms. The molecular weight excluding hydrogens is 328 g/mol. The van der Waals surface area contributed by atoms with Gasteiger partial charge in [0.15, 0.2) is 0 Å². The van der Waals surface area contributed by atoms with E-state index in [1.807, 2.05) is 24.3 Å². The van der Waals surface area contributed by atoms with Gasteiger partial charge in [-0.15, -0.1) is 0 Å². The highest BCUT2D eigenvalue weighted by Gasteiger charge is 2.14. The van der Waals surface area contributed by atoms with Gasteiger partial charge in [-0.05, 0) is 54.8 Å². The lowest BCUT2D eigenvalue weighted by Gasteiger charge is -2.08. The Morgan fingerprint density at radius 1 is 0.769 bits per heavy atom. The molecule has 26 heavy (non-hydrogen) atoms. The third kappa shape index (κ3) is 6.59. The van der Waals surface area contributed by atoms with E-state index < -0.39 is 11.8 Å². The normalized spacial score (nSPS) is 10.3. The molecule has 0 aliphatic carbocycles. The van der Waals surface area contributed by atoms with Crippen LogP contribution in [0, 0.1) is 0 Å². The largest absolute Gasteiger partial charge is 0.508 e. The minimum Gasteiger partial charge on any atom is -0.508 e. The van der Waals surface area contributed by atoms with E-state index in [4.69, 9.17) is 0 Å². The molecule has 3 N–H and O–H groups in total. The van der Waals surface area contributed by atoms with Crippen LogP contribution in [-0.2, 0) is 16.0 Å². The van der Waals surface area contributed by atoms with Gasteiger partial charge < -0.3 is 15.7 Å². The highest BCUT2D eigenvalue weighted by atomic mass is 16.3. The monoisotopic (exact) mass is 354 g/mol. The fourth-order valence-electron chi connectivity index (χ4n) is 2.61. The van der Waals surface area contributed by atoms with Crippen molar-refractivity contribution in [2.75, 3.05) is 10.6 Å². The number of hydrogen-bond donors (Lipinski definition) is 3. The molecule has 138 valence electrons. The van der Waals surface area contributed by atoms with Gasteiger partial charge >= 0.3 is 11.8 Å². The van der Waals surface area contributed by atoms with Crippen molar-refractivity contribution < 1.29 is 14.7 Å². The fourth-order valence-corrected chi connectivity index (χ4v) is 2.61. The van der Waals surface area contributed by atoms with E-state index in [-0.39, 0.29) is 5.75 Å². The van der Waals surface area contributed by atoms with Crippen LogP contribution in [0.3, 0.4) is 0 Å². The van der Waals surface area contributed by atoms with Gasteiger partial charge in [-0.3, -0.25) is 9.59 Å². The van der Waals surface area contributed by atoms with Gasteiger partial charge in [0.1, 0.15) is 5.75 Å². The first-order valence-electron chi connectivity index (χ1n) is 9.09. The molecule has 2 aromatic carbocycles. The summed E-state index contributed by atoms with van der Waals surface area (Å²) in [5, 5.41) is 14.3. The molecule has 0 fully saturated rings. The Bertz CT molecular complexity index is 709. The molecular formula is C21H26N2O3. The van der Waals surface area contributed by atoms with Crippen molar-refractivity contribution in [2.45, 2.75) is 45.4 Å². The van der Waals surface area contributed by atoms with Crippen LogP contribution in [0.5, 0.6) is 5.75 Å². The molecule has 2 amide bonds. The number of unbranched alkanes of at least 4 members (excludes halogenated alkanes) is 4. The van der Waals surface area contributed by atoms with E-state index in [0.717, 1.165) is 6.42 Å². The molecule has 0 aliphatic heterocycles. The first kappa shape index (κ1) is 19.5. The van der Waals surface area contributed by atoms with Gasteiger partial charge in [0.2, 0.25) is 0 Å². The van der Waals surface area contributed by atoms with Gasteiger partial charge in [0.25, 0.3) is 0 Å². The molecule has 2 aromatic rings. The molecule has 0 unspecified atom stereocenters. The summed E-state index contributed by atoms with van der Waals surface area (Å²) in [6, 6.07) is 13.5. The average molecular weight is 354 g/mol. The Balaban J connectivity index is 1.79. The van der Waals surface area contributed by atoms with E-state index in [9.17, 15) is 14.7 Å². The van der Waals surface area contributed by atoms with Crippen LogP contribution in [0.4, 0.5) is 11.4 Å². The number of anilines is 2. The number of aryl methyl sites for hydroxylation is 1. The number of aromatic hydroxyl groups is 1. The van der Waals surface area contributed by atoms with Crippen LogP contribution in [-0.4, -0.2) is 16.9 Å². The number of hydrogen-bond acceptors (Lipinski definition) is 3. The van der Waals surface area contributed by atoms with Crippen LogP contribution in [0.1, 0.15) is 44.6 Å². The zero-order valence-electron chi connectivity index (χ0n) is 15.1. The summed E-state index contributed by atoms with van der Waals surface area (Å²) in [7, 11) is 0. The van der Waals surface area contributed by atoms with E-state index in [0.29, 0.717) is 11.4 Å². The quantitative estimate of drug-likeness (QED) is 0.371.